The molecular weight excluding hydrogens is 214 g/mol. The van der Waals surface area contributed by atoms with Gasteiger partial charge in [-0.05, 0) is 25.0 Å². The van der Waals surface area contributed by atoms with Gasteiger partial charge in [-0.3, -0.25) is 9.78 Å². The molecule has 1 aromatic rings. The van der Waals surface area contributed by atoms with Gasteiger partial charge in [0.1, 0.15) is 0 Å². The molecule has 0 unspecified atom stereocenters. The van der Waals surface area contributed by atoms with E-state index in [4.69, 9.17) is 5.73 Å². The molecular formula is C13H19N3O. The minimum absolute atomic E-state index is 0.164. The summed E-state index contributed by atoms with van der Waals surface area (Å²) >= 11 is 0. The molecule has 0 aromatic carbocycles. The molecule has 1 aliphatic rings. The van der Waals surface area contributed by atoms with Crippen molar-refractivity contribution in [3.05, 3.63) is 30.1 Å². The van der Waals surface area contributed by atoms with Gasteiger partial charge in [0.2, 0.25) is 5.91 Å². The fourth-order valence-corrected chi connectivity index (χ4v) is 2.32. The first kappa shape index (κ1) is 12.0. The lowest BCUT2D eigenvalue weighted by molar-refractivity contribution is -0.145. The normalized spacial score (nSPS) is 17.3. The Kier molecular flexibility index (Phi) is 3.43. The number of carbonyl (C=O) groups excluding carboxylic acids is 1. The lowest BCUT2D eigenvalue weighted by Gasteiger charge is -2.41. The molecule has 1 fully saturated rings. The minimum Gasteiger partial charge on any atom is -0.339 e. The smallest absolute Gasteiger partial charge is 0.230 e. The van der Waals surface area contributed by atoms with Crippen LogP contribution in [0.1, 0.15) is 25.0 Å². The number of hydrogen-bond donors (Lipinski definition) is 1. The van der Waals surface area contributed by atoms with E-state index in [1.54, 1.807) is 11.1 Å². The molecule has 0 aliphatic heterocycles. The summed E-state index contributed by atoms with van der Waals surface area (Å²) in [5, 5.41) is 0. The number of aromatic nitrogens is 1. The summed E-state index contributed by atoms with van der Waals surface area (Å²) in [4.78, 5) is 18.3. The molecule has 1 heterocycles. The zero-order chi connectivity index (χ0) is 12.3. The maximum atomic E-state index is 12.3. The van der Waals surface area contributed by atoms with E-state index in [2.05, 4.69) is 4.98 Å². The van der Waals surface area contributed by atoms with E-state index in [1.807, 2.05) is 25.2 Å². The standard InChI is InChI=1S/C13H19N3O/c1-16(9-11-5-2-3-8-15-11)12(17)13(10-14)6-4-7-13/h2-3,5,8H,4,6-7,9-10,14H2,1H3. The number of carbonyl (C=O) groups is 1. The monoisotopic (exact) mass is 233 g/mol. The topological polar surface area (TPSA) is 59.2 Å². The average molecular weight is 233 g/mol. The van der Waals surface area contributed by atoms with Crippen LogP contribution in [0.2, 0.25) is 0 Å². The Bertz CT molecular complexity index is 381. The zero-order valence-corrected chi connectivity index (χ0v) is 10.2. The fourth-order valence-electron chi connectivity index (χ4n) is 2.32. The van der Waals surface area contributed by atoms with Crippen molar-refractivity contribution < 1.29 is 4.79 Å². The van der Waals surface area contributed by atoms with Gasteiger partial charge in [-0.25, -0.2) is 0 Å². The van der Waals surface area contributed by atoms with Crippen LogP contribution in [-0.4, -0.2) is 29.4 Å². The second kappa shape index (κ2) is 4.84. The minimum atomic E-state index is -0.288. The maximum Gasteiger partial charge on any atom is 0.230 e. The number of pyridine rings is 1. The molecule has 1 aromatic heterocycles. The van der Waals surface area contributed by atoms with E-state index in [9.17, 15) is 4.79 Å². The van der Waals surface area contributed by atoms with Crippen molar-refractivity contribution in [1.82, 2.24) is 9.88 Å². The Balaban J connectivity index is 2.00. The van der Waals surface area contributed by atoms with E-state index < -0.39 is 0 Å². The summed E-state index contributed by atoms with van der Waals surface area (Å²) in [6, 6.07) is 5.74. The van der Waals surface area contributed by atoms with Gasteiger partial charge < -0.3 is 10.6 Å². The van der Waals surface area contributed by atoms with Gasteiger partial charge in [0, 0.05) is 19.8 Å². The Morgan fingerprint density at radius 1 is 1.53 bits per heavy atom. The fraction of sp³-hybridized carbons (Fsp3) is 0.538. The summed E-state index contributed by atoms with van der Waals surface area (Å²) < 4.78 is 0. The summed E-state index contributed by atoms with van der Waals surface area (Å²) in [6.45, 7) is 1.01. The van der Waals surface area contributed by atoms with Gasteiger partial charge in [0.25, 0.3) is 0 Å². The van der Waals surface area contributed by atoms with Crippen LogP contribution < -0.4 is 5.73 Å². The number of amides is 1. The highest BCUT2D eigenvalue weighted by Crippen LogP contribution is 2.41. The van der Waals surface area contributed by atoms with Gasteiger partial charge >= 0.3 is 0 Å². The van der Waals surface area contributed by atoms with Gasteiger partial charge in [-0.15, -0.1) is 0 Å². The van der Waals surface area contributed by atoms with E-state index in [0.29, 0.717) is 13.1 Å². The van der Waals surface area contributed by atoms with Crippen molar-refractivity contribution >= 4 is 5.91 Å². The van der Waals surface area contributed by atoms with E-state index in [1.165, 1.54) is 0 Å². The van der Waals surface area contributed by atoms with Gasteiger partial charge in [0.15, 0.2) is 0 Å². The third-order valence-corrected chi connectivity index (χ3v) is 3.63. The first-order valence-electron chi connectivity index (χ1n) is 6.03. The van der Waals surface area contributed by atoms with Crippen LogP contribution in [0.3, 0.4) is 0 Å². The Morgan fingerprint density at radius 3 is 2.76 bits per heavy atom. The predicted octanol–water partition coefficient (Wildman–Crippen LogP) is 1.17. The molecule has 0 bridgehead atoms. The summed E-state index contributed by atoms with van der Waals surface area (Å²) in [5.41, 5.74) is 6.36. The molecule has 92 valence electrons. The van der Waals surface area contributed by atoms with Crippen LogP contribution >= 0.6 is 0 Å². The second-order valence-electron chi connectivity index (χ2n) is 4.82. The van der Waals surface area contributed by atoms with Crippen LogP contribution in [0.5, 0.6) is 0 Å². The average Bonchev–Trinajstić information content (AvgIpc) is 2.29. The highest BCUT2D eigenvalue weighted by molar-refractivity contribution is 5.83. The number of nitrogens with two attached hydrogens (primary N) is 1. The lowest BCUT2D eigenvalue weighted by atomic mass is 9.68. The third-order valence-electron chi connectivity index (χ3n) is 3.63. The maximum absolute atomic E-state index is 12.3. The van der Waals surface area contributed by atoms with Crippen LogP contribution in [0.25, 0.3) is 0 Å². The molecule has 4 nitrogen and oxygen atoms in total. The van der Waals surface area contributed by atoms with Gasteiger partial charge in [0.05, 0.1) is 17.7 Å². The quantitative estimate of drug-likeness (QED) is 0.849. The lowest BCUT2D eigenvalue weighted by Crippen LogP contribution is -2.50. The number of nitrogens with zero attached hydrogens (tertiary/aromatic N) is 2. The molecule has 0 atom stereocenters. The highest BCUT2D eigenvalue weighted by atomic mass is 16.2. The largest absolute Gasteiger partial charge is 0.339 e. The first-order valence-corrected chi connectivity index (χ1v) is 6.03. The summed E-state index contributed by atoms with van der Waals surface area (Å²) in [7, 11) is 1.83. The SMILES string of the molecule is CN(Cc1ccccn1)C(=O)C1(CN)CCC1. The van der Waals surface area contributed by atoms with Crippen molar-refractivity contribution in [3.8, 4) is 0 Å². The van der Waals surface area contributed by atoms with Crippen molar-refractivity contribution in [3.63, 3.8) is 0 Å². The molecule has 1 saturated carbocycles. The molecule has 1 aliphatic carbocycles. The van der Waals surface area contributed by atoms with Crippen LogP contribution in [0.4, 0.5) is 0 Å². The number of rotatable bonds is 4. The van der Waals surface area contributed by atoms with Crippen LogP contribution in [0, 0.1) is 5.41 Å². The number of hydrogen-bond acceptors (Lipinski definition) is 3. The van der Waals surface area contributed by atoms with E-state index in [-0.39, 0.29) is 11.3 Å². The Hall–Kier alpha value is -1.42. The van der Waals surface area contributed by atoms with Crippen LogP contribution in [-0.2, 0) is 11.3 Å². The Morgan fingerprint density at radius 2 is 2.29 bits per heavy atom. The van der Waals surface area contributed by atoms with Crippen molar-refractivity contribution in [2.45, 2.75) is 25.8 Å². The summed E-state index contributed by atoms with van der Waals surface area (Å²) in [6.07, 6.45) is 4.71. The molecule has 0 spiro atoms. The highest BCUT2D eigenvalue weighted by Gasteiger charge is 2.44. The van der Waals surface area contributed by atoms with Crippen molar-refractivity contribution in [2.75, 3.05) is 13.6 Å². The molecule has 4 heteroatoms. The predicted molar refractivity (Wildman–Crippen MR) is 66.0 cm³/mol. The molecule has 0 saturated heterocycles. The van der Waals surface area contributed by atoms with Gasteiger partial charge in [-0.2, -0.15) is 0 Å². The van der Waals surface area contributed by atoms with E-state index in [0.717, 1.165) is 25.0 Å². The second-order valence-corrected chi connectivity index (χ2v) is 4.82. The molecule has 1 amide bonds. The summed E-state index contributed by atoms with van der Waals surface area (Å²) in [5.74, 6) is 0.164. The molecule has 0 radical (unpaired) electrons. The Labute approximate surface area is 102 Å². The van der Waals surface area contributed by atoms with Gasteiger partial charge in [-0.1, -0.05) is 12.5 Å². The van der Waals surface area contributed by atoms with Crippen LogP contribution in [0.15, 0.2) is 24.4 Å². The zero-order valence-electron chi connectivity index (χ0n) is 10.2. The third kappa shape index (κ3) is 2.31. The van der Waals surface area contributed by atoms with Crippen molar-refractivity contribution in [1.29, 1.82) is 0 Å². The molecule has 2 rings (SSSR count). The van der Waals surface area contributed by atoms with E-state index >= 15 is 0 Å². The van der Waals surface area contributed by atoms with Crippen molar-refractivity contribution in [2.24, 2.45) is 11.1 Å². The molecule has 17 heavy (non-hydrogen) atoms. The first-order chi connectivity index (χ1) is 8.18. The molecule has 2 N–H and O–H groups in total.